The molecule has 3 heteroatoms. The predicted molar refractivity (Wildman–Crippen MR) is 99.8 cm³/mol. The third-order valence-corrected chi connectivity index (χ3v) is 4.39. The Hall–Kier alpha value is -0.570. The molecule has 0 heterocycles. The highest BCUT2D eigenvalue weighted by atomic mass is 16.5. The number of carbonyl (C=O) groups is 1. The first-order chi connectivity index (χ1) is 11.2. The van der Waals surface area contributed by atoms with Crippen molar-refractivity contribution in [1.29, 1.82) is 0 Å². The van der Waals surface area contributed by atoms with Gasteiger partial charge in [0, 0.05) is 6.42 Å². The highest BCUT2D eigenvalue weighted by Crippen LogP contribution is 2.08. The minimum Gasteiger partial charge on any atom is -0.466 e. The lowest BCUT2D eigenvalue weighted by Gasteiger charge is -2.20. The van der Waals surface area contributed by atoms with Crippen molar-refractivity contribution in [3.63, 3.8) is 0 Å². The zero-order valence-corrected chi connectivity index (χ0v) is 16.1. The number of hydrogen-bond donors (Lipinski definition) is 0. The molecule has 0 spiro atoms. The molecule has 23 heavy (non-hydrogen) atoms. The second kappa shape index (κ2) is 17.8. The van der Waals surface area contributed by atoms with Crippen LogP contribution < -0.4 is 0 Å². The molecule has 0 aliphatic carbocycles. The van der Waals surface area contributed by atoms with Crippen LogP contribution in [-0.2, 0) is 9.53 Å². The summed E-state index contributed by atoms with van der Waals surface area (Å²) in [6, 6.07) is 0. The molecule has 0 aromatic rings. The molecule has 0 amide bonds. The lowest BCUT2D eigenvalue weighted by Crippen LogP contribution is -2.25. The fourth-order valence-electron chi connectivity index (χ4n) is 2.73. The lowest BCUT2D eigenvalue weighted by atomic mass is 10.1. The SMILES string of the molecule is CCCCCCCCCN(CC)CCCCC(=O)OCCCC. The molecule has 0 aliphatic heterocycles. The Labute approximate surface area is 145 Å². The van der Waals surface area contributed by atoms with E-state index in [4.69, 9.17) is 4.74 Å². The van der Waals surface area contributed by atoms with Gasteiger partial charge in [-0.05, 0) is 45.3 Å². The molecule has 0 atom stereocenters. The summed E-state index contributed by atoms with van der Waals surface area (Å²) in [4.78, 5) is 14.0. The molecule has 0 radical (unpaired) electrons. The highest BCUT2D eigenvalue weighted by Gasteiger charge is 2.05. The van der Waals surface area contributed by atoms with Crippen molar-refractivity contribution >= 4 is 5.97 Å². The van der Waals surface area contributed by atoms with Gasteiger partial charge in [-0.1, -0.05) is 65.7 Å². The zero-order valence-electron chi connectivity index (χ0n) is 16.1. The van der Waals surface area contributed by atoms with Crippen LogP contribution in [0.4, 0.5) is 0 Å². The van der Waals surface area contributed by atoms with Gasteiger partial charge in [0.2, 0.25) is 0 Å². The van der Waals surface area contributed by atoms with Gasteiger partial charge < -0.3 is 9.64 Å². The van der Waals surface area contributed by atoms with Crippen LogP contribution in [0, 0.1) is 0 Å². The van der Waals surface area contributed by atoms with Gasteiger partial charge in [-0.25, -0.2) is 0 Å². The minimum absolute atomic E-state index is 0.0198. The van der Waals surface area contributed by atoms with E-state index < -0.39 is 0 Å². The summed E-state index contributed by atoms with van der Waals surface area (Å²) in [5.74, 6) is -0.0198. The third-order valence-electron chi connectivity index (χ3n) is 4.39. The largest absolute Gasteiger partial charge is 0.466 e. The van der Waals surface area contributed by atoms with Gasteiger partial charge in [-0.3, -0.25) is 4.79 Å². The van der Waals surface area contributed by atoms with E-state index in [1.807, 2.05) is 0 Å². The molecule has 138 valence electrons. The van der Waals surface area contributed by atoms with E-state index in [-0.39, 0.29) is 5.97 Å². The summed E-state index contributed by atoms with van der Waals surface area (Å²) in [5.41, 5.74) is 0. The molecule has 0 N–H and O–H groups in total. The Balaban J connectivity index is 3.45. The number of nitrogens with zero attached hydrogens (tertiary/aromatic N) is 1. The first-order valence-corrected chi connectivity index (χ1v) is 10.1. The number of ether oxygens (including phenoxy) is 1. The molecule has 3 nitrogen and oxygen atoms in total. The molecule has 0 aliphatic rings. The Kier molecular flexibility index (Phi) is 17.3. The van der Waals surface area contributed by atoms with Crippen LogP contribution in [-0.4, -0.2) is 37.1 Å². The number of esters is 1. The summed E-state index contributed by atoms with van der Waals surface area (Å²) >= 11 is 0. The molecule has 0 unspecified atom stereocenters. The smallest absolute Gasteiger partial charge is 0.305 e. The summed E-state index contributed by atoms with van der Waals surface area (Å²) in [6.45, 7) is 10.7. The fourth-order valence-corrected chi connectivity index (χ4v) is 2.73. The molecule has 0 aromatic carbocycles. The van der Waals surface area contributed by atoms with Crippen LogP contribution in [0.25, 0.3) is 0 Å². The van der Waals surface area contributed by atoms with Crippen molar-refractivity contribution in [2.24, 2.45) is 0 Å². The maximum absolute atomic E-state index is 11.5. The second-order valence-corrected chi connectivity index (χ2v) is 6.59. The van der Waals surface area contributed by atoms with Gasteiger partial charge in [-0.2, -0.15) is 0 Å². The average Bonchev–Trinajstić information content (AvgIpc) is 2.56. The molecular formula is C20H41NO2. The van der Waals surface area contributed by atoms with Crippen LogP contribution in [0.3, 0.4) is 0 Å². The van der Waals surface area contributed by atoms with Gasteiger partial charge in [0.05, 0.1) is 6.61 Å². The number of carbonyl (C=O) groups excluding carboxylic acids is 1. The normalized spacial score (nSPS) is 11.1. The van der Waals surface area contributed by atoms with E-state index >= 15 is 0 Å². The zero-order chi connectivity index (χ0) is 17.2. The van der Waals surface area contributed by atoms with Crippen molar-refractivity contribution < 1.29 is 9.53 Å². The fraction of sp³-hybridized carbons (Fsp3) is 0.950. The topological polar surface area (TPSA) is 29.5 Å². The predicted octanol–water partition coefficient (Wildman–Crippen LogP) is 5.57. The van der Waals surface area contributed by atoms with E-state index in [2.05, 4.69) is 25.7 Å². The van der Waals surface area contributed by atoms with Crippen LogP contribution in [0.1, 0.15) is 97.8 Å². The summed E-state index contributed by atoms with van der Waals surface area (Å²) in [7, 11) is 0. The monoisotopic (exact) mass is 327 g/mol. The standard InChI is InChI=1S/C20H41NO2/c1-4-7-9-10-11-12-14-17-21(6-3)18-15-13-16-20(22)23-19-8-5-2/h4-19H2,1-3H3. The molecule has 0 fully saturated rings. The Morgan fingerprint density at radius 3 is 1.91 bits per heavy atom. The molecule has 0 aromatic heterocycles. The van der Waals surface area contributed by atoms with Crippen molar-refractivity contribution in [3.05, 3.63) is 0 Å². The van der Waals surface area contributed by atoms with Crippen LogP contribution >= 0.6 is 0 Å². The summed E-state index contributed by atoms with van der Waals surface area (Å²) < 4.78 is 5.18. The molecular weight excluding hydrogens is 286 g/mol. The number of rotatable bonds is 17. The van der Waals surface area contributed by atoms with E-state index in [0.717, 1.165) is 38.8 Å². The van der Waals surface area contributed by atoms with Crippen molar-refractivity contribution in [1.82, 2.24) is 4.90 Å². The van der Waals surface area contributed by atoms with Crippen molar-refractivity contribution in [2.75, 3.05) is 26.2 Å². The van der Waals surface area contributed by atoms with E-state index in [9.17, 15) is 4.79 Å². The molecule has 0 saturated carbocycles. The van der Waals surface area contributed by atoms with E-state index in [0.29, 0.717) is 13.0 Å². The van der Waals surface area contributed by atoms with Gasteiger partial charge >= 0.3 is 5.97 Å². The lowest BCUT2D eigenvalue weighted by molar-refractivity contribution is -0.143. The van der Waals surface area contributed by atoms with E-state index in [1.54, 1.807) is 0 Å². The minimum atomic E-state index is -0.0198. The summed E-state index contributed by atoms with van der Waals surface area (Å²) in [6.07, 6.45) is 14.3. The second-order valence-electron chi connectivity index (χ2n) is 6.59. The third kappa shape index (κ3) is 16.1. The quantitative estimate of drug-likeness (QED) is 0.258. The first-order valence-electron chi connectivity index (χ1n) is 10.1. The van der Waals surface area contributed by atoms with Crippen molar-refractivity contribution in [2.45, 2.75) is 97.8 Å². The van der Waals surface area contributed by atoms with Gasteiger partial charge in [0.1, 0.15) is 0 Å². The average molecular weight is 328 g/mol. The van der Waals surface area contributed by atoms with Crippen LogP contribution in [0.2, 0.25) is 0 Å². The maximum Gasteiger partial charge on any atom is 0.305 e. The first kappa shape index (κ1) is 22.4. The number of unbranched alkanes of at least 4 members (excludes halogenated alkanes) is 8. The summed E-state index contributed by atoms with van der Waals surface area (Å²) in [5, 5.41) is 0. The molecule has 0 bridgehead atoms. The Morgan fingerprint density at radius 2 is 1.30 bits per heavy atom. The van der Waals surface area contributed by atoms with Crippen LogP contribution in [0.5, 0.6) is 0 Å². The maximum atomic E-state index is 11.5. The Bertz CT molecular complexity index is 256. The Morgan fingerprint density at radius 1 is 0.739 bits per heavy atom. The highest BCUT2D eigenvalue weighted by molar-refractivity contribution is 5.69. The number of hydrogen-bond acceptors (Lipinski definition) is 3. The van der Waals surface area contributed by atoms with Crippen molar-refractivity contribution in [3.8, 4) is 0 Å². The van der Waals surface area contributed by atoms with Gasteiger partial charge in [0.15, 0.2) is 0 Å². The van der Waals surface area contributed by atoms with Gasteiger partial charge in [-0.15, -0.1) is 0 Å². The molecule has 0 rings (SSSR count). The van der Waals surface area contributed by atoms with E-state index in [1.165, 1.54) is 51.5 Å². The molecule has 0 saturated heterocycles. The van der Waals surface area contributed by atoms with Crippen LogP contribution in [0.15, 0.2) is 0 Å². The van der Waals surface area contributed by atoms with Gasteiger partial charge in [0.25, 0.3) is 0 Å².